The van der Waals surface area contributed by atoms with Gasteiger partial charge in [-0.15, -0.1) is 0 Å². The lowest BCUT2D eigenvalue weighted by atomic mass is 9.96. The molecular weight excluding hydrogens is 354 g/mol. The first-order chi connectivity index (χ1) is 13.7. The normalized spacial score (nSPS) is 15.9. The minimum Gasteiger partial charge on any atom is -0.312 e. The van der Waals surface area contributed by atoms with Gasteiger partial charge in [-0.05, 0) is 60.8 Å². The molecule has 1 N–H and O–H groups in total. The molecule has 0 radical (unpaired) electrons. The Hall–Kier alpha value is -2.30. The average Bonchev–Trinajstić information content (AvgIpc) is 2.71. The fourth-order valence-electron chi connectivity index (χ4n) is 4.10. The summed E-state index contributed by atoms with van der Waals surface area (Å²) in [6, 6.07) is 18.8. The number of nitrogens with one attached hydrogen (secondary N) is 1. The zero-order valence-electron chi connectivity index (χ0n) is 16.0. The van der Waals surface area contributed by atoms with Gasteiger partial charge in [0.15, 0.2) is 0 Å². The molecule has 1 aliphatic heterocycles. The lowest BCUT2D eigenvalue weighted by Gasteiger charge is -2.32. The highest BCUT2D eigenvalue weighted by Gasteiger charge is 2.20. The summed E-state index contributed by atoms with van der Waals surface area (Å²) < 4.78 is 26.9. The van der Waals surface area contributed by atoms with Gasteiger partial charge in [-0.2, -0.15) is 0 Å². The third kappa shape index (κ3) is 4.57. The van der Waals surface area contributed by atoms with Crippen LogP contribution in [0.5, 0.6) is 0 Å². The van der Waals surface area contributed by atoms with E-state index >= 15 is 0 Å². The van der Waals surface area contributed by atoms with Crippen molar-refractivity contribution in [2.45, 2.75) is 25.9 Å². The molecule has 0 aromatic heterocycles. The molecule has 1 aliphatic rings. The summed E-state index contributed by atoms with van der Waals surface area (Å²) in [5.74, 6) is -0.319. The molecule has 1 heterocycles. The molecule has 0 amide bonds. The Morgan fingerprint density at radius 3 is 2.50 bits per heavy atom. The van der Waals surface area contributed by atoms with E-state index < -0.39 is 11.6 Å². The van der Waals surface area contributed by atoms with Crippen molar-refractivity contribution >= 4 is 10.8 Å². The van der Waals surface area contributed by atoms with Crippen molar-refractivity contribution < 1.29 is 8.78 Å². The maximum atomic E-state index is 13.8. The molecule has 2 nitrogen and oxygen atoms in total. The predicted octanol–water partition coefficient (Wildman–Crippen LogP) is 5.12. The van der Waals surface area contributed by atoms with Gasteiger partial charge in [-0.3, -0.25) is 4.90 Å². The maximum Gasteiger partial charge on any atom is 0.130 e. The Balaban J connectivity index is 1.24. The number of hydrogen-bond acceptors (Lipinski definition) is 2. The summed E-state index contributed by atoms with van der Waals surface area (Å²) in [5.41, 5.74) is 1.91. The van der Waals surface area contributed by atoms with Crippen LogP contribution in [0.4, 0.5) is 8.78 Å². The predicted molar refractivity (Wildman–Crippen MR) is 110 cm³/mol. The Bertz CT molecular complexity index is 928. The van der Waals surface area contributed by atoms with Crippen LogP contribution in [0, 0.1) is 17.6 Å². The van der Waals surface area contributed by atoms with Crippen molar-refractivity contribution in [3.05, 3.63) is 83.4 Å². The molecule has 0 aliphatic carbocycles. The number of benzene rings is 3. The number of piperidine rings is 1. The molecule has 4 rings (SSSR count). The fraction of sp³-hybridized carbons (Fsp3) is 0.333. The quantitative estimate of drug-likeness (QED) is 0.639. The minimum atomic E-state index is -0.516. The Morgan fingerprint density at radius 1 is 0.893 bits per heavy atom. The first-order valence-corrected chi connectivity index (χ1v) is 10.0. The second kappa shape index (κ2) is 8.80. The zero-order valence-corrected chi connectivity index (χ0v) is 16.0. The van der Waals surface area contributed by atoms with E-state index in [-0.39, 0.29) is 0 Å². The van der Waals surface area contributed by atoms with Crippen LogP contribution in [0.2, 0.25) is 0 Å². The number of rotatable bonds is 6. The molecule has 0 unspecified atom stereocenters. The van der Waals surface area contributed by atoms with Crippen LogP contribution in [-0.4, -0.2) is 24.5 Å². The van der Waals surface area contributed by atoms with Gasteiger partial charge in [0.2, 0.25) is 0 Å². The number of hydrogen-bond donors (Lipinski definition) is 1. The summed E-state index contributed by atoms with van der Waals surface area (Å²) in [7, 11) is 0. The maximum absolute atomic E-state index is 13.8. The molecule has 3 aromatic rings. The van der Waals surface area contributed by atoms with E-state index in [0.717, 1.165) is 45.1 Å². The number of fused-ring (bicyclic) bond motifs is 1. The lowest BCUT2D eigenvalue weighted by molar-refractivity contribution is 0.173. The molecule has 1 fully saturated rings. The van der Waals surface area contributed by atoms with Crippen LogP contribution < -0.4 is 5.32 Å². The first kappa shape index (κ1) is 19.0. The van der Waals surface area contributed by atoms with Gasteiger partial charge in [0.25, 0.3) is 0 Å². The van der Waals surface area contributed by atoms with Crippen molar-refractivity contribution in [2.75, 3.05) is 19.6 Å². The topological polar surface area (TPSA) is 15.3 Å². The summed E-state index contributed by atoms with van der Waals surface area (Å²) in [6.45, 7) is 4.35. The molecule has 28 heavy (non-hydrogen) atoms. The molecule has 0 atom stereocenters. The van der Waals surface area contributed by atoms with E-state index in [1.54, 1.807) is 6.07 Å². The molecule has 146 valence electrons. The number of nitrogens with zero attached hydrogens (tertiary/aromatic N) is 1. The molecule has 3 aromatic carbocycles. The summed E-state index contributed by atoms with van der Waals surface area (Å²) in [5, 5.41) is 6.22. The largest absolute Gasteiger partial charge is 0.312 e. The van der Waals surface area contributed by atoms with Crippen molar-refractivity contribution in [3.63, 3.8) is 0 Å². The highest BCUT2D eigenvalue weighted by atomic mass is 19.1. The van der Waals surface area contributed by atoms with E-state index in [2.05, 4.69) is 52.7 Å². The Morgan fingerprint density at radius 2 is 1.68 bits per heavy atom. The molecule has 1 saturated heterocycles. The second-order valence-electron chi connectivity index (χ2n) is 7.72. The zero-order chi connectivity index (χ0) is 19.3. The van der Waals surface area contributed by atoms with Crippen molar-refractivity contribution in [1.82, 2.24) is 10.2 Å². The standard InChI is InChI=1S/C24H26F2N2/c25-22-9-8-21(24(26)14-22)17-28-12-10-18(11-13-28)15-27-16-20-6-3-5-19-4-1-2-7-23(19)20/h1-9,14,18,27H,10-13,15-17H2. The third-order valence-corrected chi connectivity index (χ3v) is 5.74. The summed E-state index contributed by atoms with van der Waals surface area (Å²) in [6.07, 6.45) is 2.21. The van der Waals surface area contributed by atoms with Crippen LogP contribution in [0.25, 0.3) is 10.8 Å². The number of likely N-dealkylation sites (tertiary alicyclic amines) is 1. The van der Waals surface area contributed by atoms with Crippen molar-refractivity contribution in [3.8, 4) is 0 Å². The van der Waals surface area contributed by atoms with E-state index in [4.69, 9.17) is 0 Å². The average molecular weight is 380 g/mol. The molecule has 0 spiro atoms. The van der Waals surface area contributed by atoms with Gasteiger partial charge >= 0.3 is 0 Å². The molecule has 0 saturated carbocycles. The van der Waals surface area contributed by atoms with Gasteiger partial charge in [0.1, 0.15) is 11.6 Å². The first-order valence-electron chi connectivity index (χ1n) is 10.0. The smallest absolute Gasteiger partial charge is 0.130 e. The number of halogens is 2. The van der Waals surface area contributed by atoms with Gasteiger partial charge in [-0.25, -0.2) is 8.78 Å². The van der Waals surface area contributed by atoms with Crippen LogP contribution in [-0.2, 0) is 13.1 Å². The van der Waals surface area contributed by atoms with Gasteiger partial charge in [0, 0.05) is 24.7 Å². The van der Waals surface area contributed by atoms with Crippen LogP contribution in [0.3, 0.4) is 0 Å². The monoisotopic (exact) mass is 380 g/mol. The highest BCUT2D eigenvalue weighted by Crippen LogP contribution is 2.21. The SMILES string of the molecule is Fc1ccc(CN2CCC(CNCc3cccc4ccccc34)CC2)c(F)c1. The lowest BCUT2D eigenvalue weighted by Crippen LogP contribution is -2.37. The molecule has 4 heteroatoms. The second-order valence-corrected chi connectivity index (χ2v) is 7.72. The highest BCUT2D eigenvalue weighted by molar-refractivity contribution is 5.85. The van der Waals surface area contributed by atoms with Crippen LogP contribution in [0.1, 0.15) is 24.0 Å². The third-order valence-electron chi connectivity index (χ3n) is 5.74. The van der Waals surface area contributed by atoms with E-state index in [1.807, 2.05) is 0 Å². The Labute approximate surface area is 165 Å². The van der Waals surface area contributed by atoms with Crippen LogP contribution >= 0.6 is 0 Å². The summed E-state index contributed by atoms with van der Waals surface area (Å²) in [4.78, 5) is 2.26. The van der Waals surface area contributed by atoms with E-state index in [1.165, 1.54) is 22.4 Å². The van der Waals surface area contributed by atoms with Gasteiger partial charge in [0.05, 0.1) is 0 Å². The van der Waals surface area contributed by atoms with Gasteiger partial charge < -0.3 is 5.32 Å². The van der Waals surface area contributed by atoms with Crippen molar-refractivity contribution in [2.24, 2.45) is 5.92 Å². The fourth-order valence-corrected chi connectivity index (χ4v) is 4.10. The van der Waals surface area contributed by atoms with Crippen molar-refractivity contribution in [1.29, 1.82) is 0 Å². The summed E-state index contributed by atoms with van der Waals surface area (Å²) >= 11 is 0. The molecule has 0 bridgehead atoms. The molecular formula is C24H26F2N2. The van der Waals surface area contributed by atoms with E-state index in [0.29, 0.717) is 18.0 Å². The van der Waals surface area contributed by atoms with E-state index in [9.17, 15) is 8.78 Å². The Kier molecular flexibility index (Phi) is 5.98. The minimum absolute atomic E-state index is 0.445. The van der Waals surface area contributed by atoms with Gasteiger partial charge in [-0.1, -0.05) is 48.5 Å². The van der Waals surface area contributed by atoms with Crippen LogP contribution in [0.15, 0.2) is 60.7 Å².